The van der Waals surface area contributed by atoms with Crippen molar-refractivity contribution in [3.05, 3.63) is 0 Å². The lowest BCUT2D eigenvalue weighted by atomic mass is 9.93. The molecular formula is C12H22O4. The fourth-order valence-corrected chi connectivity index (χ4v) is 2.97. The third-order valence-electron chi connectivity index (χ3n) is 3.77. The molecule has 3 unspecified atom stereocenters. The van der Waals surface area contributed by atoms with E-state index in [1.807, 2.05) is 6.92 Å². The van der Waals surface area contributed by atoms with Gasteiger partial charge in [0.1, 0.15) is 0 Å². The molecule has 1 saturated carbocycles. The Hall–Kier alpha value is -0.160. The Balaban J connectivity index is 2.01. The van der Waals surface area contributed by atoms with Gasteiger partial charge in [-0.3, -0.25) is 0 Å². The Kier molecular flexibility index (Phi) is 3.85. The molecule has 1 aliphatic carbocycles. The van der Waals surface area contributed by atoms with E-state index in [0.29, 0.717) is 25.7 Å². The molecule has 1 saturated heterocycles. The molecule has 0 amide bonds. The molecular weight excluding hydrogens is 208 g/mol. The van der Waals surface area contributed by atoms with Gasteiger partial charge in [-0.15, -0.1) is 0 Å². The van der Waals surface area contributed by atoms with Gasteiger partial charge in [-0.1, -0.05) is 13.3 Å². The molecule has 4 heteroatoms. The van der Waals surface area contributed by atoms with Gasteiger partial charge in [-0.2, -0.15) is 0 Å². The van der Waals surface area contributed by atoms with E-state index in [9.17, 15) is 5.11 Å². The maximum atomic E-state index is 9.96. The monoisotopic (exact) mass is 230 g/mol. The van der Waals surface area contributed by atoms with Gasteiger partial charge in [0.2, 0.25) is 0 Å². The highest BCUT2D eigenvalue weighted by atomic mass is 16.7. The number of hydrogen-bond donors (Lipinski definition) is 1. The molecule has 1 spiro atoms. The van der Waals surface area contributed by atoms with Crippen LogP contribution in [0.5, 0.6) is 0 Å². The Morgan fingerprint density at radius 3 is 2.56 bits per heavy atom. The maximum absolute atomic E-state index is 9.96. The molecule has 2 rings (SSSR count). The van der Waals surface area contributed by atoms with Crippen molar-refractivity contribution in [3.63, 3.8) is 0 Å². The van der Waals surface area contributed by atoms with Gasteiger partial charge >= 0.3 is 0 Å². The third-order valence-corrected chi connectivity index (χ3v) is 3.77. The first kappa shape index (κ1) is 12.3. The predicted octanol–water partition coefficient (Wildman–Crippen LogP) is 1.52. The number of aliphatic hydroxyl groups is 1. The van der Waals surface area contributed by atoms with Gasteiger partial charge in [0, 0.05) is 25.4 Å². The van der Waals surface area contributed by atoms with Crippen molar-refractivity contribution < 1.29 is 19.3 Å². The largest absolute Gasteiger partial charge is 0.368 e. The second kappa shape index (κ2) is 5.00. The summed E-state index contributed by atoms with van der Waals surface area (Å²) >= 11 is 0. The van der Waals surface area contributed by atoms with Crippen molar-refractivity contribution >= 4 is 0 Å². The minimum absolute atomic E-state index is 0.142. The Morgan fingerprint density at radius 2 is 2.00 bits per heavy atom. The molecule has 1 aliphatic heterocycles. The molecule has 0 aromatic carbocycles. The van der Waals surface area contributed by atoms with E-state index in [1.54, 1.807) is 0 Å². The van der Waals surface area contributed by atoms with Crippen molar-refractivity contribution in [2.45, 2.75) is 45.2 Å². The Labute approximate surface area is 96.9 Å². The topological polar surface area (TPSA) is 47.9 Å². The summed E-state index contributed by atoms with van der Waals surface area (Å²) in [6.07, 6.45) is 2.00. The molecule has 0 aromatic heterocycles. The molecule has 94 valence electrons. The van der Waals surface area contributed by atoms with E-state index in [1.165, 1.54) is 0 Å². The zero-order valence-electron chi connectivity index (χ0n) is 10.1. The molecule has 2 aliphatic rings. The normalized spacial score (nSPS) is 34.7. The van der Waals surface area contributed by atoms with Gasteiger partial charge in [0.05, 0.1) is 13.2 Å². The molecule has 0 aromatic rings. The SMILES string of the molecule is CCOC(O)C1CC2(CC1CC)OCCO2. The van der Waals surface area contributed by atoms with Gasteiger partial charge in [0.15, 0.2) is 12.1 Å². The fourth-order valence-electron chi connectivity index (χ4n) is 2.97. The Bertz CT molecular complexity index is 225. The highest BCUT2D eigenvalue weighted by Crippen LogP contribution is 2.47. The van der Waals surface area contributed by atoms with Crippen LogP contribution in [0, 0.1) is 11.8 Å². The quantitative estimate of drug-likeness (QED) is 0.744. The van der Waals surface area contributed by atoms with Crippen molar-refractivity contribution in [2.75, 3.05) is 19.8 Å². The summed E-state index contributed by atoms with van der Waals surface area (Å²) in [5.41, 5.74) is 0. The second-order valence-electron chi connectivity index (χ2n) is 4.69. The predicted molar refractivity (Wildman–Crippen MR) is 58.8 cm³/mol. The van der Waals surface area contributed by atoms with Crippen LogP contribution in [0.4, 0.5) is 0 Å². The third kappa shape index (κ3) is 2.25. The summed E-state index contributed by atoms with van der Waals surface area (Å²) in [6, 6.07) is 0. The molecule has 16 heavy (non-hydrogen) atoms. The second-order valence-corrected chi connectivity index (χ2v) is 4.69. The summed E-state index contributed by atoms with van der Waals surface area (Å²) in [5, 5.41) is 9.96. The van der Waals surface area contributed by atoms with Crippen LogP contribution >= 0.6 is 0 Å². The van der Waals surface area contributed by atoms with Crippen LogP contribution in [-0.2, 0) is 14.2 Å². The molecule has 1 heterocycles. The van der Waals surface area contributed by atoms with Crippen LogP contribution in [0.25, 0.3) is 0 Å². The number of aliphatic hydroxyl groups excluding tert-OH is 1. The van der Waals surface area contributed by atoms with Crippen LogP contribution in [-0.4, -0.2) is 37.0 Å². The lowest BCUT2D eigenvalue weighted by molar-refractivity contribution is -0.171. The van der Waals surface area contributed by atoms with E-state index in [-0.39, 0.29) is 5.92 Å². The zero-order valence-corrected chi connectivity index (χ0v) is 10.1. The van der Waals surface area contributed by atoms with Gasteiger partial charge in [-0.25, -0.2) is 0 Å². The van der Waals surface area contributed by atoms with Crippen molar-refractivity contribution in [1.82, 2.24) is 0 Å². The minimum Gasteiger partial charge on any atom is -0.368 e. The molecule has 1 N–H and O–H groups in total. The molecule has 3 atom stereocenters. The van der Waals surface area contributed by atoms with Crippen LogP contribution in [0.15, 0.2) is 0 Å². The van der Waals surface area contributed by atoms with Crippen LogP contribution in [0.1, 0.15) is 33.1 Å². The van der Waals surface area contributed by atoms with Gasteiger partial charge < -0.3 is 19.3 Å². The van der Waals surface area contributed by atoms with Crippen LogP contribution in [0.3, 0.4) is 0 Å². The van der Waals surface area contributed by atoms with Crippen molar-refractivity contribution in [2.24, 2.45) is 11.8 Å². The summed E-state index contributed by atoms with van der Waals surface area (Å²) in [4.78, 5) is 0. The minimum atomic E-state index is -0.679. The summed E-state index contributed by atoms with van der Waals surface area (Å²) < 4.78 is 16.7. The van der Waals surface area contributed by atoms with E-state index in [4.69, 9.17) is 14.2 Å². The highest BCUT2D eigenvalue weighted by molar-refractivity contribution is 4.92. The summed E-state index contributed by atoms with van der Waals surface area (Å²) in [5.74, 6) is 0.145. The molecule has 0 radical (unpaired) electrons. The Morgan fingerprint density at radius 1 is 1.31 bits per heavy atom. The lowest BCUT2D eigenvalue weighted by Gasteiger charge is -2.23. The molecule has 2 fully saturated rings. The lowest BCUT2D eigenvalue weighted by Crippen LogP contribution is -2.29. The van der Waals surface area contributed by atoms with E-state index in [0.717, 1.165) is 19.3 Å². The molecule has 0 bridgehead atoms. The van der Waals surface area contributed by atoms with E-state index >= 15 is 0 Å². The first-order chi connectivity index (χ1) is 7.71. The summed E-state index contributed by atoms with van der Waals surface area (Å²) in [7, 11) is 0. The maximum Gasteiger partial charge on any atom is 0.169 e. The number of hydrogen-bond acceptors (Lipinski definition) is 4. The first-order valence-corrected chi connectivity index (χ1v) is 6.28. The first-order valence-electron chi connectivity index (χ1n) is 6.28. The van der Waals surface area contributed by atoms with Gasteiger partial charge in [0.25, 0.3) is 0 Å². The van der Waals surface area contributed by atoms with Crippen LogP contribution in [0.2, 0.25) is 0 Å². The standard InChI is InChI=1S/C12H22O4/c1-3-9-7-12(15-5-6-16-12)8-10(9)11(13)14-4-2/h9-11,13H,3-8H2,1-2H3. The van der Waals surface area contributed by atoms with Crippen molar-refractivity contribution in [3.8, 4) is 0 Å². The summed E-state index contributed by atoms with van der Waals surface area (Å²) in [6.45, 7) is 5.94. The van der Waals surface area contributed by atoms with Crippen molar-refractivity contribution in [1.29, 1.82) is 0 Å². The number of ether oxygens (including phenoxy) is 3. The van der Waals surface area contributed by atoms with E-state index < -0.39 is 12.1 Å². The fraction of sp³-hybridized carbons (Fsp3) is 1.00. The average molecular weight is 230 g/mol. The highest BCUT2D eigenvalue weighted by Gasteiger charge is 2.51. The van der Waals surface area contributed by atoms with Gasteiger partial charge in [-0.05, 0) is 12.8 Å². The average Bonchev–Trinajstić information content (AvgIpc) is 2.87. The number of rotatable bonds is 4. The van der Waals surface area contributed by atoms with Crippen LogP contribution < -0.4 is 0 Å². The zero-order chi connectivity index (χ0) is 11.6. The molecule has 4 nitrogen and oxygen atoms in total. The smallest absolute Gasteiger partial charge is 0.169 e. The van der Waals surface area contributed by atoms with E-state index in [2.05, 4.69) is 6.92 Å².